The number of hydrogen-bond acceptors (Lipinski definition) is 3. The summed E-state index contributed by atoms with van der Waals surface area (Å²) in [4.78, 5) is 26.7. The van der Waals surface area contributed by atoms with Crippen molar-refractivity contribution >= 4 is 40.1 Å². The van der Waals surface area contributed by atoms with E-state index in [4.69, 9.17) is 16.0 Å². The molecule has 2 aromatic carbocycles. The molecule has 2 amide bonds. The van der Waals surface area contributed by atoms with Crippen molar-refractivity contribution in [3.63, 3.8) is 0 Å². The van der Waals surface area contributed by atoms with Crippen LogP contribution in [0.1, 0.15) is 40.3 Å². The fraction of sp³-hybridized carbons (Fsp3) is 0.238. The standard InChI is InChI=1S/C21H20ClFN2O3/c1-4-25(5-2)21(27)15-8-7-14(11-17(15)22)24-20(26)19-12(3)16-10-13(23)6-9-18(16)28-19/h6-11H,4-5H2,1-3H3,(H,24,26). The number of amides is 2. The molecule has 0 radical (unpaired) electrons. The van der Waals surface area contributed by atoms with Crippen molar-refractivity contribution in [2.45, 2.75) is 20.8 Å². The topological polar surface area (TPSA) is 62.6 Å². The van der Waals surface area contributed by atoms with Crippen LogP contribution in [-0.2, 0) is 0 Å². The van der Waals surface area contributed by atoms with Gasteiger partial charge in [-0.3, -0.25) is 9.59 Å². The second-order valence-electron chi connectivity index (χ2n) is 6.32. The van der Waals surface area contributed by atoms with Crippen molar-refractivity contribution in [1.82, 2.24) is 4.90 Å². The second-order valence-corrected chi connectivity index (χ2v) is 6.73. The van der Waals surface area contributed by atoms with E-state index in [-0.39, 0.29) is 16.7 Å². The van der Waals surface area contributed by atoms with Gasteiger partial charge in [-0.15, -0.1) is 0 Å². The van der Waals surface area contributed by atoms with Crippen LogP contribution in [0.25, 0.3) is 11.0 Å². The molecule has 1 aromatic heterocycles. The largest absolute Gasteiger partial charge is 0.451 e. The fourth-order valence-electron chi connectivity index (χ4n) is 3.05. The first-order chi connectivity index (χ1) is 13.3. The Morgan fingerprint density at radius 3 is 2.50 bits per heavy atom. The first kappa shape index (κ1) is 19.9. The van der Waals surface area contributed by atoms with Gasteiger partial charge in [-0.1, -0.05) is 11.6 Å². The first-order valence-corrected chi connectivity index (χ1v) is 9.32. The maximum atomic E-state index is 13.4. The summed E-state index contributed by atoms with van der Waals surface area (Å²) < 4.78 is 19.0. The molecule has 0 aliphatic rings. The minimum atomic E-state index is -0.479. The van der Waals surface area contributed by atoms with Gasteiger partial charge in [-0.2, -0.15) is 0 Å². The van der Waals surface area contributed by atoms with Gasteiger partial charge in [-0.05, 0) is 57.2 Å². The smallest absolute Gasteiger partial charge is 0.291 e. The van der Waals surface area contributed by atoms with Gasteiger partial charge >= 0.3 is 0 Å². The summed E-state index contributed by atoms with van der Waals surface area (Å²) in [5, 5.41) is 3.50. The number of benzene rings is 2. The highest BCUT2D eigenvalue weighted by Gasteiger charge is 2.20. The summed E-state index contributed by atoms with van der Waals surface area (Å²) in [6.07, 6.45) is 0. The van der Waals surface area contributed by atoms with Crippen LogP contribution in [0.5, 0.6) is 0 Å². The Labute approximate surface area is 167 Å². The van der Waals surface area contributed by atoms with Gasteiger partial charge < -0.3 is 14.6 Å². The highest BCUT2D eigenvalue weighted by Crippen LogP contribution is 2.28. The normalized spacial score (nSPS) is 10.9. The summed E-state index contributed by atoms with van der Waals surface area (Å²) in [6.45, 7) is 6.64. The average Bonchev–Trinajstić information content (AvgIpc) is 2.99. The van der Waals surface area contributed by atoms with Crippen LogP contribution in [-0.4, -0.2) is 29.8 Å². The molecule has 0 unspecified atom stereocenters. The van der Waals surface area contributed by atoms with Crippen LogP contribution in [0.15, 0.2) is 40.8 Å². The number of carbonyl (C=O) groups is 2. The van der Waals surface area contributed by atoms with E-state index >= 15 is 0 Å². The van der Waals surface area contributed by atoms with E-state index in [1.54, 1.807) is 24.0 Å². The van der Waals surface area contributed by atoms with Gasteiger partial charge in [0.2, 0.25) is 0 Å². The monoisotopic (exact) mass is 402 g/mol. The number of halogens is 2. The Kier molecular flexibility index (Phi) is 5.70. The highest BCUT2D eigenvalue weighted by atomic mass is 35.5. The Balaban J connectivity index is 1.84. The number of nitrogens with one attached hydrogen (secondary N) is 1. The number of aryl methyl sites for hydroxylation is 1. The predicted octanol–water partition coefficient (Wildman–Crippen LogP) is 5.27. The van der Waals surface area contributed by atoms with Crippen LogP contribution in [0, 0.1) is 12.7 Å². The quantitative estimate of drug-likeness (QED) is 0.632. The molecule has 1 heterocycles. The van der Waals surface area contributed by atoms with Crippen LogP contribution in [0.2, 0.25) is 5.02 Å². The summed E-state index contributed by atoms with van der Waals surface area (Å²) in [5.74, 6) is -0.945. The lowest BCUT2D eigenvalue weighted by atomic mass is 10.1. The van der Waals surface area contributed by atoms with Gasteiger partial charge in [0, 0.05) is 29.7 Å². The lowest BCUT2D eigenvalue weighted by Gasteiger charge is -2.19. The molecule has 0 atom stereocenters. The number of rotatable bonds is 5. The lowest BCUT2D eigenvalue weighted by molar-refractivity contribution is 0.0773. The van der Waals surface area contributed by atoms with E-state index in [1.165, 1.54) is 24.3 Å². The zero-order chi connectivity index (χ0) is 20.4. The Bertz CT molecular complexity index is 1060. The first-order valence-electron chi connectivity index (χ1n) is 8.94. The van der Waals surface area contributed by atoms with E-state index in [0.29, 0.717) is 40.9 Å². The average molecular weight is 403 g/mol. The van der Waals surface area contributed by atoms with E-state index in [9.17, 15) is 14.0 Å². The molecule has 146 valence electrons. The molecule has 0 saturated heterocycles. The summed E-state index contributed by atoms with van der Waals surface area (Å²) >= 11 is 6.26. The SMILES string of the molecule is CCN(CC)C(=O)c1ccc(NC(=O)c2oc3ccc(F)cc3c2C)cc1Cl. The molecule has 7 heteroatoms. The van der Waals surface area contributed by atoms with E-state index < -0.39 is 11.7 Å². The lowest BCUT2D eigenvalue weighted by Crippen LogP contribution is -2.30. The number of carbonyl (C=O) groups excluding carboxylic acids is 2. The van der Waals surface area contributed by atoms with Crippen molar-refractivity contribution in [2.75, 3.05) is 18.4 Å². The van der Waals surface area contributed by atoms with Crippen molar-refractivity contribution in [3.05, 3.63) is 64.1 Å². The zero-order valence-electron chi connectivity index (χ0n) is 15.8. The molecule has 1 N–H and O–H groups in total. The number of hydrogen-bond donors (Lipinski definition) is 1. The molecule has 0 bridgehead atoms. The van der Waals surface area contributed by atoms with Crippen molar-refractivity contribution in [2.24, 2.45) is 0 Å². The number of furan rings is 1. The van der Waals surface area contributed by atoms with Crippen LogP contribution in [0.3, 0.4) is 0 Å². The summed E-state index contributed by atoms with van der Waals surface area (Å²) in [5.41, 5.74) is 1.78. The third kappa shape index (κ3) is 3.73. The molecule has 0 saturated carbocycles. The number of anilines is 1. The fourth-order valence-corrected chi connectivity index (χ4v) is 3.31. The van der Waals surface area contributed by atoms with Crippen molar-refractivity contribution in [1.29, 1.82) is 0 Å². The van der Waals surface area contributed by atoms with Gasteiger partial charge in [0.25, 0.3) is 11.8 Å². The highest BCUT2D eigenvalue weighted by molar-refractivity contribution is 6.34. The minimum absolute atomic E-state index is 0.0972. The minimum Gasteiger partial charge on any atom is -0.451 e. The van der Waals surface area contributed by atoms with Gasteiger partial charge in [0.15, 0.2) is 5.76 Å². The van der Waals surface area contributed by atoms with Gasteiger partial charge in [-0.25, -0.2) is 4.39 Å². The summed E-state index contributed by atoms with van der Waals surface area (Å²) in [7, 11) is 0. The predicted molar refractivity (Wildman–Crippen MR) is 108 cm³/mol. The third-order valence-electron chi connectivity index (χ3n) is 4.61. The van der Waals surface area contributed by atoms with Gasteiger partial charge in [0.1, 0.15) is 11.4 Å². The Morgan fingerprint density at radius 1 is 1.14 bits per heavy atom. The maximum absolute atomic E-state index is 13.4. The molecule has 0 fully saturated rings. The van der Waals surface area contributed by atoms with E-state index in [1.807, 2.05) is 13.8 Å². The Morgan fingerprint density at radius 2 is 1.86 bits per heavy atom. The number of fused-ring (bicyclic) bond motifs is 1. The molecule has 0 aliphatic heterocycles. The second kappa shape index (κ2) is 8.02. The maximum Gasteiger partial charge on any atom is 0.291 e. The van der Waals surface area contributed by atoms with Crippen molar-refractivity contribution < 1.29 is 18.4 Å². The molecule has 3 aromatic rings. The third-order valence-corrected chi connectivity index (χ3v) is 4.93. The molecule has 0 spiro atoms. The summed E-state index contributed by atoms with van der Waals surface area (Å²) in [6, 6.07) is 8.80. The molecular formula is C21H20ClFN2O3. The molecule has 28 heavy (non-hydrogen) atoms. The van der Waals surface area contributed by atoms with E-state index in [0.717, 1.165) is 0 Å². The number of nitrogens with zero attached hydrogens (tertiary/aromatic N) is 1. The zero-order valence-corrected chi connectivity index (χ0v) is 16.6. The molecule has 3 rings (SSSR count). The molecular weight excluding hydrogens is 383 g/mol. The Hall–Kier alpha value is -2.86. The van der Waals surface area contributed by atoms with Crippen LogP contribution < -0.4 is 5.32 Å². The van der Waals surface area contributed by atoms with Crippen LogP contribution >= 0.6 is 11.6 Å². The molecule has 0 aliphatic carbocycles. The molecule has 5 nitrogen and oxygen atoms in total. The van der Waals surface area contributed by atoms with Crippen molar-refractivity contribution in [3.8, 4) is 0 Å². The van der Waals surface area contributed by atoms with E-state index in [2.05, 4.69) is 5.32 Å². The van der Waals surface area contributed by atoms with Crippen LogP contribution in [0.4, 0.5) is 10.1 Å². The van der Waals surface area contributed by atoms with Gasteiger partial charge in [0.05, 0.1) is 10.6 Å².